The second kappa shape index (κ2) is 8.57. The SMILES string of the molecule is O=C(N1CCCC(Oc2ncc(Br)cn2)C1)C1(c2ccccc2)CCOCC1. The average molecular weight is 446 g/mol. The van der Waals surface area contributed by atoms with E-state index in [0.717, 1.165) is 29.4 Å². The number of carbonyl (C=O) groups excluding carboxylic acids is 1. The van der Waals surface area contributed by atoms with Crippen LogP contribution in [-0.4, -0.2) is 53.2 Å². The van der Waals surface area contributed by atoms with Gasteiger partial charge in [0.2, 0.25) is 5.91 Å². The number of benzene rings is 1. The number of halogens is 1. The van der Waals surface area contributed by atoms with E-state index in [1.54, 1.807) is 12.4 Å². The Balaban J connectivity index is 1.51. The molecule has 0 N–H and O–H groups in total. The first-order valence-electron chi connectivity index (χ1n) is 9.74. The molecule has 0 saturated carbocycles. The number of hydrogen-bond donors (Lipinski definition) is 0. The summed E-state index contributed by atoms with van der Waals surface area (Å²) in [7, 11) is 0. The molecule has 148 valence electrons. The normalized spacial score (nSPS) is 21.9. The van der Waals surface area contributed by atoms with Crippen LogP contribution in [0.2, 0.25) is 0 Å². The van der Waals surface area contributed by atoms with Gasteiger partial charge in [0.05, 0.1) is 16.4 Å². The third kappa shape index (κ3) is 4.05. The highest BCUT2D eigenvalue weighted by atomic mass is 79.9. The maximum Gasteiger partial charge on any atom is 0.316 e. The molecule has 2 aliphatic rings. The molecule has 0 radical (unpaired) electrons. The monoisotopic (exact) mass is 445 g/mol. The van der Waals surface area contributed by atoms with Crippen molar-refractivity contribution in [1.29, 1.82) is 0 Å². The number of nitrogens with zero attached hydrogens (tertiary/aromatic N) is 3. The van der Waals surface area contributed by atoms with E-state index in [2.05, 4.69) is 38.0 Å². The van der Waals surface area contributed by atoms with Gasteiger partial charge in [0, 0.05) is 32.2 Å². The number of piperidine rings is 1. The van der Waals surface area contributed by atoms with Crippen LogP contribution < -0.4 is 4.74 Å². The lowest BCUT2D eigenvalue weighted by Crippen LogP contribution is -2.54. The van der Waals surface area contributed by atoms with Gasteiger partial charge in [-0.25, -0.2) is 9.97 Å². The Bertz CT molecular complexity index is 794. The second-order valence-corrected chi connectivity index (χ2v) is 8.29. The van der Waals surface area contributed by atoms with Gasteiger partial charge < -0.3 is 14.4 Å². The molecule has 28 heavy (non-hydrogen) atoms. The van der Waals surface area contributed by atoms with Crippen LogP contribution in [0.15, 0.2) is 47.2 Å². The summed E-state index contributed by atoms with van der Waals surface area (Å²) in [6.45, 7) is 2.55. The zero-order valence-electron chi connectivity index (χ0n) is 15.7. The standard InChI is InChI=1S/C21H24BrN3O3/c22-17-13-23-20(24-14-17)28-18-7-4-10-25(15-18)19(26)21(8-11-27-12-9-21)16-5-2-1-3-6-16/h1-3,5-6,13-14,18H,4,7-12,15H2. The molecule has 0 bridgehead atoms. The largest absolute Gasteiger partial charge is 0.458 e. The minimum absolute atomic E-state index is 0.0912. The van der Waals surface area contributed by atoms with Crippen LogP contribution in [0.5, 0.6) is 6.01 Å². The summed E-state index contributed by atoms with van der Waals surface area (Å²) in [5, 5.41) is 0. The Morgan fingerprint density at radius 3 is 2.61 bits per heavy atom. The molecule has 2 aliphatic heterocycles. The fourth-order valence-corrected chi connectivity index (χ4v) is 4.34. The molecule has 1 amide bonds. The highest BCUT2D eigenvalue weighted by molar-refractivity contribution is 9.10. The molecular formula is C21H24BrN3O3. The van der Waals surface area contributed by atoms with Gasteiger partial charge >= 0.3 is 6.01 Å². The van der Waals surface area contributed by atoms with E-state index < -0.39 is 5.41 Å². The van der Waals surface area contributed by atoms with Crippen molar-refractivity contribution >= 4 is 21.8 Å². The van der Waals surface area contributed by atoms with Gasteiger partial charge in [-0.1, -0.05) is 30.3 Å². The van der Waals surface area contributed by atoms with Crippen LogP contribution in [0.1, 0.15) is 31.2 Å². The lowest BCUT2D eigenvalue weighted by Gasteiger charge is -2.42. The molecule has 1 aromatic carbocycles. The highest BCUT2D eigenvalue weighted by Crippen LogP contribution is 2.37. The number of rotatable bonds is 4. The number of ether oxygens (including phenoxy) is 2. The summed E-state index contributed by atoms with van der Waals surface area (Å²) in [4.78, 5) is 24.0. The fraction of sp³-hybridized carbons (Fsp3) is 0.476. The predicted molar refractivity (Wildman–Crippen MR) is 108 cm³/mol. The number of aromatic nitrogens is 2. The summed E-state index contributed by atoms with van der Waals surface area (Å²) in [5.41, 5.74) is 0.581. The van der Waals surface area contributed by atoms with Crippen LogP contribution in [0.3, 0.4) is 0 Å². The van der Waals surface area contributed by atoms with Crippen LogP contribution in [0.4, 0.5) is 0 Å². The molecule has 2 saturated heterocycles. The van der Waals surface area contributed by atoms with E-state index in [-0.39, 0.29) is 12.0 Å². The molecule has 7 heteroatoms. The third-order valence-corrected chi connectivity index (χ3v) is 6.03. The van der Waals surface area contributed by atoms with Crippen molar-refractivity contribution in [3.63, 3.8) is 0 Å². The minimum atomic E-state index is -0.504. The van der Waals surface area contributed by atoms with Crippen molar-refractivity contribution in [1.82, 2.24) is 14.9 Å². The smallest absolute Gasteiger partial charge is 0.316 e. The predicted octanol–water partition coefficient (Wildman–Crippen LogP) is 3.36. The molecule has 3 heterocycles. The first-order chi connectivity index (χ1) is 13.7. The maximum absolute atomic E-state index is 13.7. The number of hydrogen-bond acceptors (Lipinski definition) is 5. The summed E-state index contributed by atoms with van der Waals surface area (Å²) in [5.74, 6) is 0.187. The van der Waals surface area contributed by atoms with Crippen LogP contribution in [-0.2, 0) is 14.9 Å². The topological polar surface area (TPSA) is 64.6 Å². The van der Waals surface area contributed by atoms with Gasteiger partial charge in [-0.05, 0) is 47.2 Å². The van der Waals surface area contributed by atoms with Crippen LogP contribution in [0, 0.1) is 0 Å². The van der Waals surface area contributed by atoms with E-state index in [9.17, 15) is 4.79 Å². The van der Waals surface area contributed by atoms with Gasteiger partial charge in [-0.3, -0.25) is 4.79 Å². The van der Waals surface area contributed by atoms with Gasteiger partial charge in [-0.2, -0.15) is 0 Å². The van der Waals surface area contributed by atoms with E-state index in [0.29, 0.717) is 38.6 Å². The number of likely N-dealkylation sites (tertiary alicyclic amines) is 1. The number of amides is 1. The van der Waals surface area contributed by atoms with Gasteiger partial charge in [0.1, 0.15) is 6.10 Å². The average Bonchev–Trinajstić information content (AvgIpc) is 2.76. The molecule has 1 unspecified atom stereocenters. The minimum Gasteiger partial charge on any atom is -0.458 e. The van der Waals surface area contributed by atoms with E-state index in [4.69, 9.17) is 9.47 Å². The molecule has 1 aromatic heterocycles. The van der Waals surface area contributed by atoms with Crippen molar-refractivity contribution in [2.24, 2.45) is 0 Å². The van der Waals surface area contributed by atoms with Crippen LogP contribution in [0.25, 0.3) is 0 Å². The molecule has 4 rings (SSSR count). The Labute approximate surface area is 173 Å². The molecule has 0 spiro atoms. The first-order valence-corrected chi connectivity index (χ1v) is 10.5. The molecule has 2 fully saturated rings. The lowest BCUT2D eigenvalue weighted by molar-refractivity contribution is -0.144. The summed E-state index contributed by atoms with van der Waals surface area (Å²) >= 11 is 3.33. The van der Waals surface area contributed by atoms with Crippen molar-refractivity contribution < 1.29 is 14.3 Å². The molecule has 2 aromatic rings. The lowest BCUT2D eigenvalue weighted by atomic mass is 9.72. The van der Waals surface area contributed by atoms with Crippen molar-refractivity contribution in [3.8, 4) is 6.01 Å². The van der Waals surface area contributed by atoms with Crippen molar-refractivity contribution in [2.75, 3.05) is 26.3 Å². The fourth-order valence-electron chi connectivity index (χ4n) is 4.13. The van der Waals surface area contributed by atoms with E-state index >= 15 is 0 Å². The first kappa shape index (κ1) is 19.3. The Kier molecular flexibility index (Phi) is 5.92. The van der Waals surface area contributed by atoms with Crippen LogP contribution >= 0.6 is 15.9 Å². The molecular weight excluding hydrogens is 422 g/mol. The second-order valence-electron chi connectivity index (χ2n) is 7.38. The van der Waals surface area contributed by atoms with Gasteiger partial charge in [0.25, 0.3) is 0 Å². The summed E-state index contributed by atoms with van der Waals surface area (Å²) < 4.78 is 12.3. The molecule has 6 nitrogen and oxygen atoms in total. The maximum atomic E-state index is 13.7. The third-order valence-electron chi connectivity index (χ3n) is 5.62. The van der Waals surface area contributed by atoms with Gasteiger partial charge in [-0.15, -0.1) is 0 Å². The van der Waals surface area contributed by atoms with Crippen molar-refractivity contribution in [2.45, 2.75) is 37.2 Å². The quantitative estimate of drug-likeness (QED) is 0.721. The van der Waals surface area contributed by atoms with E-state index in [1.165, 1.54) is 0 Å². The zero-order valence-corrected chi connectivity index (χ0v) is 17.3. The van der Waals surface area contributed by atoms with Gasteiger partial charge in [0.15, 0.2) is 0 Å². The molecule has 1 atom stereocenters. The molecule has 0 aliphatic carbocycles. The Morgan fingerprint density at radius 1 is 1.18 bits per heavy atom. The zero-order chi connectivity index (χ0) is 19.4. The Hall–Kier alpha value is -1.99. The summed E-state index contributed by atoms with van der Waals surface area (Å²) in [6.07, 6.45) is 6.48. The summed E-state index contributed by atoms with van der Waals surface area (Å²) in [6, 6.07) is 10.5. The number of carbonyl (C=O) groups is 1. The highest BCUT2D eigenvalue weighted by Gasteiger charge is 2.45. The Morgan fingerprint density at radius 2 is 1.89 bits per heavy atom. The van der Waals surface area contributed by atoms with E-state index in [1.807, 2.05) is 23.1 Å². The van der Waals surface area contributed by atoms with Crippen molar-refractivity contribution in [3.05, 3.63) is 52.8 Å².